The van der Waals surface area contributed by atoms with E-state index in [4.69, 9.17) is 0 Å². The van der Waals surface area contributed by atoms with Crippen LogP contribution in [0.5, 0.6) is 0 Å². The van der Waals surface area contributed by atoms with Crippen molar-refractivity contribution in [2.24, 2.45) is 0 Å². The monoisotopic (exact) mass is 236 g/mol. The molecule has 5 heteroatoms. The Hall–Kier alpha value is 1.25. The molecule has 0 rings (SSSR count). The Morgan fingerprint density at radius 2 is 1.38 bits per heavy atom. The molecule has 0 radical (unpaired) electrons. The van der Waals surface area contributed by atoms with Crippen LogP contribution in [-0.2, 0) is 4.57 Å². The predicted molar refractivity (Wildman–Crippen MR) is 52.9 cm³/mol. The van der Waals surface area contributed by atoms with Gasteiger partial charge in [-0.15, -0.1) is 0 Å². The molecular weight excluding hydrogens is 219 g/mol. The Balaban J connectivity index is -0.000000500. The van der Waals surface area contributed by atoms with Gasteiger partial charge in [0.05, 0.1) is 0 Å². The molecule has 0 saturated heterocycles. The molecule has 0 unspecified atom stereocenters. The molecule has 0 saturated carbocycles. The van der Waals surface area contributed by atoms with Crippen molar-refractivity contribution in [2.75, 3.05) is 12.3 Å². The summed E-state index contributed by atoms with van der Waals surface area (Å²) in [6.45, 7) is 4.03. The van der Waals surface area contributed by atoms with Gasteiger partial charge in [0.1, 0.15) is 0 Å². The zero-order valence-electron chi connectivity index (χ0n) is 8.59. The second-order valence-electron chi connectivity index (χ2n) is 2.97. The van der Waals surface area contributed by atoms with Crippen molar-refractivity contribution in [3.8, 4) is 0 Å². The van der Waals surface area contributed by atoms with E-state index >= 15 is 0 Å². The van der Waals surface area contributed by atoms with Crippen molar-refractivity contribution in [2.45, 2.75) is 39.5 Å². The molecule has 0 aliphatic carbocycles. The minimum absolute atomic E-state index is 0. The molecule has 0 N–H and O–H groups in total. The Morgan fingerprint density at radius 1 is 1.08 bits per heavy atom. The summed E-state index contributed by atoms with van der Waals surface area (Å²) in [5.74, 6) is 0. The molecule has 0 aliphatic rings. The number of unbranched alkanes of at least 4 members (excludes halogenated alkanes) is 2. The van der Waals surface area contributed by atoms with Crippen LogP contribution in [0.2, 0.25) is 0 Å². The first-order valence-corrected chi connectivity index (χ1v) is 6.41. The minimum Gasteiger partial charge on any atom is -1.00 e. The molecule has 0 fully saturated rings. The van der Waals surface area contributed by atoms with E-state index in [9.17, 15) is 9.46 Å². The van der Waals surface area contributed by atoms with E-state index in [1.54, 1.807) is 0 Å². The zero-order valence-corrected chi connectivity index (χ0v) is 11.7. The molecule has 2 nitrogen and oxygen atoms in total. The maximum atomic E-state index is 11.2. The summed E-state index contributed by atoms with van der Waals surface area (Å²) in [6, 6.07) is 0. The number of rotatable bonds is 6. The SMILES string of the molecule is CCCCP(=O)([O-])CCCC.[Cl-].[Mg+2]. The molecule has 0 aromatic carbocycles. The number of hydrogen-bond donors (Lipinski definition) is 0. The fourth-order valence-corrected chi connectivity index (χ4v) is 2.73. The van der Waals surface area contributed by atoms with Crippen LogP contribution < -0.4 is 17.3 Å². The normalized spacial score (nSPS) is 10.1. The summed E-state index contributed by atoms with van der Waals surface area (Å²) >= 11 is 0. The van der Waals surface area contributed by atoms with Gasteiger partial charge in [0.25, 0.3) is 0 Å². The Morgan fingerprint density at radius 3 is 1.62 bits per heavy atom. The zero-order chi connectivity index (χ0) is 8.74. The van der Waals surface area contributed by atoms with Gasteiger partial charge >= 0.3 is 23.1 Å². The molecular formula is C8H18ClMgO2P. The largest absolute Gasteiger partial charge is 2.00 e. The van der Waals surface area contributed by atoms with Gasteiger partial charge in [0.15, 0.2) is 0 Å². The van der Waals surface area contributed by atoms with Crippen LogP contribution in [0.3, 0.4) is 0 Å². The quantitative estimate of drug-likeness (QED) is 0.432. The Bertz CT molecular complexity index is 132. The van der Waals surface area contributed by atoms with Gasteiger partial charge in [-0.25, -0.2) is 0 Å². The molecule has 0 aliphatic heterocycles. The van der Waals surface area contributed by atoms with Crippen LogP contribution in [0.4, 0.5) is 0 Å². The number of hydrogen-bond acceptors (Lipinski definition) is 2. The van der Waals surface area contributed by atoms with Crippen LogP contribution in [0.25, 0.3) is 0 Å². The third kappa shape index (κ3) is 13.2. The van der Waals surface area contributed by atoms with E-state index in [1.165, 1.54) is 0 Å². The van der Waals surface area contributed by atoms with Gasteiger partial charge in [-0.1, -0.05) is 26.7 Å². The summed E-state index contributed by atoms with van der Waals surface area (Å²) < 4.78 is 11.2. The average Bonchev–Trinajstić information content (AvgIpc) is 1.97. The van der Waals surface area contributed by atoms with Gasteiger partial charge in [-0.05, 0) is 25.2 Å². The molecule has 76 valence electrons. The Labute approximate surface area is 104 Å². The summed E-state index contributed by atoms with van der Waals surface area (Å²) in [6.07, 6.45) is 4.40. The van der Waals surface area contributed by atoms with Crippen molar-refractivity contribution >= 4 is 30.4 Å². The topological polar surface area (TPSA) is 40.1 Å². The maximum Gasteiger partial charge on any atom is 2.00 e. The van der Waals surface area contributed by atoms with Gasteiger partial charge in [0.2, 0.25) is 0 Å². The van der Waals surface area contributed by atoms with Crippen LogP contribution in [0.15, 0.2) is 0 Å². The molecule has 13 heavy (non-hydrogen) atoms. The summed E-state index contributed by atoms with van der Waals surface area (Å²) in [7, 11) is -2.98. The first kappa shape index (κ1) is 19.8. The van der Waals surface area contributed by atoms with Crippen molar-refractivity contribution in [3.63, 3.8) is 0 Å². The third-order valence-corrected chi connectivity index (χ3v) is 3.70. The van der Waals surface area contributed by atoms with Crippen LogP contribution >= 0.6 is 7.37 Å². The van der Waals surface area contributed by atoms with E-state index in [0.29, 0.717) is 12.3 Å². The van der Waals surface area contributed by atoms with Gasteiger partial charge in [-0.2, -0.15) is 0 Å². The fourth-order valence-electron chi connectivity index (χ4n) is 0.910. The van der Waals surface area contributed by atoms with E-state index < -0.39 is 7.37 Å². The van der Waals surface area contributed by atoms with Crippen LogP contribution in [0, 0.1) is 0 Å². The van der Waals surface area contributed by atoms with Crippen molar-refractivity contribution in [1.82, 2.24) is 0 Å². The third-order valence-electron chi connectivity index (χ3n) is 1.70. The van der Waals surface area contributed by atoms with Crippen molar-refractivity contribution in [3.05, 3.63) is 0 Å². The standard InChI is InChI=1S/C8H19O2P.ClH.Mg/c1-3-5-7-11(9,10)8-6-4-2;;/h3-8H2,1-2H3,(H,9,10);1H;/q;;+2/p-2. The second-order valence-corrected chi connectivity index (χ2v) is 5.49. The van der Waals surface area contributed by atoms with Crippen LogP contribution in [-0.4, -0.2) is 35.4 Å². The molecule has 0 aromatic rings. The smallest absolute Gasteiger partial charge is 1.00 e. The van der Waals surface area contributed by atoms with E-state index in [-0.39, 0.29) is 35.5 Å². The molecule has 0 heterocycles. The summed E-state index contributed by atoms with van der Waals surface area (Å²) in [5.41, 5.74) is 0. The molecule has 0 aromatic heterocycles. The number of halogens is 1. The molecule has 0 spiro atoms. The van der Waals surface area contributed by atoms with Gasteiger partial charge in [-0.3, -0.25) is 0 Å². The van der Waals surface area contributed by atoms with E-state index in [1.807, 2.05) is 13.8 Å². The molecule has 0 atom stereocenters. The fraction of sp³-hybridized carbons (Fsp3) is 1.00. The second kappa shape index (κ2) is 11.3. The first-order chi connectivity index (χ1) is 5.12. The van der Waals surface area contributed by atoms with Crippen molar-refractivity contribution < 1.29 is 21.9 Å². The van der Waals surface area contributed by atoms with Gasteiger partial charge in [0, 0.05) is 7.37 Å². The first-order valence-electron chi connectivity index (χ1n) is 4.41. The van der Waals surface area contributed by atoms with E-state index in [0.717, 1.165) is 25.7 Å². The molecule has 0 bridgehead atoms. The average molecular weight is 237 g/mol. The van der Waals surface area contributed by atoms with Crippen LogP contribution in [0.1, 0.15) is 39.5 Å². The predicted octanol–water partition coefficient (Wildman–Crippen LogP) is -1.15. The van der Waals surface area contributed by atoms with E-state index in [2.05, 4.69) is 0 Å². The van der Waals surface area contributed by atoms with Crippen molar-refractivity contribution in [1.29, 1.82) is 0 Å². The maximum absolute atomic E-state index is 11.2. The summed E-state index contributed by atoms with van der Waals surface area (Å²) in [4.78, 5) is 11.2. The minimum atomic E-state index is -2.98. The summed E-state index contributed by atoms with van der Waals surface area (Å²) in [5, 5.41) is 0. The molecule has 0 amide bonds. The Kier molecular flexibility index (Phi) is 17.2. The van der Waals surface area contributed by atoms with Gasteiger partial charge < -0.3 is 21.9 Å².